The van der Waals surface area contributed by atoms with E-state index in [2.05, 4.69) is 0 Å². The van der Waals surface area contributed by atoms with Crippen LogP contribution in [0.4, 0.5) is 4.39 Å². The summed E-state index contributed by atoms with van der Waals surface area (Å²) in [5, 5.41) is 19.6. The molecule has 0 aliphatic rings. The molecule has 106 valence electrons. The summed E-state index contributed by atoms with van der Waals surface area (Å²) in [5.74, 6) is -2.62. The van der Waals surface area contributed by atoms with Gasteiger partial charge in [0.05, 0.1) is 10.9 Å². The molecular formula is C14H18ClFO3. The minimum absolute atomic E-state index is 0.127. The number of rotatable bonds is 6. The van der Waals surface area contributed by atoms with Crippen molar-refractivity contribution in [3.8, 4) is 0 Å². The van der Waals surface area contributed by atoms with E-state index in [1.165, 1.54) is 19.1 Å². The zero-order valence-corrected chi connectivity index (χ0v) is 11.7. The van der Waals surface area contributed by atoms with Gasteiger partial charge in [-0.25, -0.2) is 4.39 Å². The van der Waals surface area contributed by atoms with Crippen molar-refractivity contribution >= 4 is 17.6 Å². The zero-order valence-electron chi connectivity index (χ0n) is 11.0. The fourth-order valence-electron chi connectivity index (χ4n) is 2.07. The van der Waals surface area contributed by atoms with E-state index in [-0.39, 0.29) is 5.02 Å². The number of carboxylic acid groups (broad SMARTS) is 1. The number of hydrogen-bond acceptors (Lipinski definition) is 2. The SMILES string of the molecule is CCCCC(C(=O)O)C(C)(O)c1ccc(F)c(Cl)c1. The molecule has 0 amide bonds. The van der Waals surface area contributed by atoms with Crippen LogP contribution >= 0.6 is 11.6 Å². The maximum atomic E-state index is 13.1. The van der Waals surface area contributed by atoms with Crippen molar-refractivity contribution in [2.75, 3.05) is 0 Å². The van der Waals surface area contributed by atoms with Crippen LogP contribution in [0.25, 0.3) is 0 Å². The molecule has 0 spiro atoms. The molecule has 0 fully saturated rings. The van der Waals surface area contributed by atoms with Gasteiger partial charge in [0.2, 0.25) is 0 Å². The normalized spacial score (nSPS) is 15.8. The third kappa shape index (κ3) is 3.67. The summed E-state index contributed by atoms with van der Waals surface area (Å²) in [7, 11) is 0. The third-order valence-corrected chi connectivity index (χ3v) is 3.62. The highest BCUT2D eigenvalue weighted by atomic mass is 35.5. The average molecular weight is 289 g/mol. The maximum Gasteiger partial charge on any atom is 0.309 e. The molecule has 0 saturated heterocycles. The first-order valence-corrected chi connectivity index (χ1v) is 6.59. The second-order valence-electron chi connectivity index (χ2n) is 4.81. The van der Waals surface area contributed by atoms with E-state index in [1.807, 2.05) is 6.92 Å². The monoisotopic (exact) mass is 288 g/mol. The van der Waals surface area contributed by atoms with Crippen molar-refractivity contribution in [1.29, 1.82) is 0 Å². The molecule has 1 aromatic carbocycles. The number of carboxylic acids is 1. The Balaban J connectivity index is 3.10. The molecule has 2 N–H and O–H groups in total. The first-order chi connectivity index (χ1) is 8.80. The number of aliphatic hydroxyl groups is 1. The lowest BCUT2D eigenvalue weighted by Gasteiger charge is -2.30. The van der Waals surface area contributed by atoms with Crippen LogP contribution in [-0.2, 0) is 10.4 Å². The summed E-state index contributed by atoms with van der Waals surface area (Å²) < 4.78 is 13.1. The molecule has 3 nitrogen and oxygen atoms in total. The van der Waals surface area contributed by atoms with Crippen molar-refractivity contribution in [3.05, 3.63) is 34.6 Å². The van der Waals surface area contributed by atoms with Crippen LogP contribution in [0.3, 0.4) is 0 Å². The number of hydrogen-bond donors (Lipinski definition) is 2. The Labute approximate surface area is 117 Å². The van der Waals surface area contributed by atoms with E-state index in [9.17, 15) is 19.4 Å². The molecule has 2 atom stereocenters. The molecule has 0 bridgehead atoms. The van der Waals surface area contributed by atoms with Crippen molar-refractivity contribution < 1.29 is 19.4 Å². The van der Waals surface area contributed by atoms with Gasteiger partial charge in [0.1, 0.15) is 11.4 Å². The van der Waals surface area contributed by atoms with Crippen LogP contribution < -0.4 is 0 Å². The smallest absolute Gasteiger partial charge is 0.309 e. The molecule has 19 heavy (non-hydrogen) atoms. The highest BCUT2D eigenvalue weighted by molar-refractivity contribution is 6.30. The highest BCUT2D eigenvalue weighted by Crippen LogP contribution is 2.34. The van der Waals surface area contributed by atoms with E-state index in [0.717, 1.165) is 12.5 Å². The molecule has 0 aliphatic heterocycles. The van der Waals surface area contributed by atoms with Gasteiger partial charge in [-0.1, -0.05) is 37.4 Å². The van der Waals surface area contributed by atoms with E-state index in [4.69, 9.17) is 11.6 Å². The van der Waals surface area contributed by atoms with E-state index < -0.39 is 23.3 Å². The number of benzene rings is 1. The van der Waals surface area contributed by atoms with Crippen molar-refractivity contribution in [2.45, 2.75) is 38.7 Å². The number of halogens is 2. The Morgan fingerprint density at radius 2 is 2.16 bits per heavy atom. The summed E-state index contributed by atoms with van der Waals surface area (Å²) in [5.41, 5.74) is -1.28. The summed E-state index contributed by atoms with van der Waals surface area (Å²) in [6.45, 7) is 3.37. The molecule has 5 heteroatoms. The minimum Gasteiger partial charge on any atom is -0.481 e. The summed E-state index contributed by atoms with van der Waals surface area (Å²) in [6.07, 6.45) is 1.89. The average Bonchev–Trinajstić information content (AvgIpc) is 2.32. The van der Waals surface area contributed by atoms with Crippen LogP contribution in [0.15, 0.2) is 18.2 Å². The van der Waals surface area contributed by atoms with Gasteiger partial charge in [-0.15, -0.1) is 0 Å². The summed E-state index contributed by atoms with van der Waals surface area (Å²) >= 11 is 5.67. The molecular weight excluding hydrogens is 271 g/mol. The fraction of sp³-hybridized carbons (Fsp3) is 0.500. The molecule has 1 aromatic rings. The second-order valence-corrected chi connectivity index (χ2v) is 5.22. The van der Waals surface area contributed by atoms with Crippen LogP contribution in [0, 0.1) is 11.7 Å². The number of unbranched alkanes of at least 4 members (excludes halogenated alkanes) is 1. The fourth-order valence-corrected chi connectivity index (χ4v) is 2.25. The van der Waals surface area contributed by atoms with Gasteiger partial charge in [-0.05, 0) is 31.0 Å². The largest absolute Gasteiger partial charge is 0.481 e. The van der Waals surface area contributed by atoms with Gasteiger partial charge in [-0.3, -0.25) is 4.79 Å². The Bertz CT molecular complexity index is 460. The Morgan fingerprint density at radius 3 is 2.63 bits per heavy atom. The topological polar surface area (TPSA) is 57.5 Å². The summed E-state index contributed by atoms with van der Waals surface area (Å²) in [4.78, 5) is 11.3. The van der Waals surface area contributed by atoms with Gasteiger partial charge in [0.25, 0.3) is 0 Å². The maximum absolute atomic E-state index is 13.1. The Kier molecular flexibility index (Phi) is 5.32. The predicted octanol–water partition coefficient (Wildman–Crippen LogP) is 3.58. The van der Waals surface area contributed by atoms with Gasteiger partial charge in [0.15, 0.2) is 0 Å². The van der Waals surface area contributed by atoms with Crippen LogP contribution in [0.5, 0.6) is 0 Å². The Hall–Kier alpha value is -1.13. The van der Waals surface area contributed by atoms with E-state index in [1.54, 1.807) is 0 Å². The molecule has 2 unspecified atom stereocenters. The van der Waals surface area contributed by atoms with E-state index >= 15 is 0 Å². The second kappa shape index (κ2) is 6.35. The third-order valence-electron chi connectivity index (χ3n) is 3.33. The first kappa shape index (κ1) is 15.9. The van der Waals surface area contributed by atoms with Crippen molar-refractivity contribution in [3.63, 3.8) is 0 Å². The number of carbonyl (C=O) groups is 1. The molecule has 0 radical (unpaired) electrons. The molecule has 0 heterocycles. The molecule has 0 saturated carbocycles. The lowest BCUT2D eigenvalue weighted by Crippen LogP contribution is -2.37. The van der Waals surface area contributed by atoms with Gasteiger partial charge >= 0.3 is 5.97 Å². The van der Waals surface area contributed by atoms with Crippen LogP contribution in [-0.4, -0.2) is 16.2 Å². The van der Waals surface area contributed by atoms with Crippen LogP contribution in [0.2, 0.25) is 5.02 Å². The van der Waals surface area contributed by atoms with Gasteiger partial charge in [-0.2, -0.15) is 0 Å². The van der Waals surface area contributed by atoms with Crippen molar-refractivity contribution in [2.24, 2.45) is 5.92 Å². The first-order valence-electron chi connectivity index (χ1n) is 6.21. The lowest BCUT2D eigenvalue weighted by molar-refractivity contribution is -0.152. The highest BCUT2D eigenvalue weighted by Gasteiger charge is 2.38. The van der Waals surface area contributed by atoms with E-state index in [0.29, 0.717) is 18.4 Å². The molecule has 0 aliphatic carbocycles. The quantitative estimate of drug-likeness (QED) is 0.841. The predicted molar refractivity (Wildman–Crippen MR) is 71.6 cm³/mol. The zero-order chi connectivity index (χ0) is 14.6. The van der Waals surface area contributed by atoms with Gasteiger partial charge in [0, 0.05) is 0 Å². The molecule has 1 rings (SSSR count). The molecule has 0 aromatic heterocycles. The lowest BCUT2D eigenvalue weighted by atomic mass is 9.80. The van der Waals surface area contributed by atoms with Crippen molar-refractivity contribution in [1.82, 2.24) is 0 Å². The summed E-state index contributed by atoms with van der Waals surface area (Å²) in [6, 6.07) is 3.77. The van der Waals surface area contributed by atoms with Gasteiger partial charge < -0.3 is 10.2 Å². The minimum atomic E-state index is -1.58. The van der Waals surface area contributed by atoms with Crippen LogP contribution in [0.1, 0.15) is 38.7 Å². The standard InChI is InChI=1S/C14H18ClFO3/c1-3-4-5-10(13(17)18)14(2,19)9-6-7-12(16)11(15)8-9/h6-8,10,19H,3-5H2,1-2H3,(H,17,18). The Morgan fingerprint density at radius 1 is 1.53 bits per heavy atom. The number of aliphatic carboxylic acids is 1.